The lowest BCUT2D eigenvalue weighted by molar-refractivity contribution is -0.0511. The number of nitrogens with zero attached hydrogens (tertiary/aromatic N) is 4. The average molecular weight is 283 g/mol. The van der Waals surface area contributed by atoms with Crippen LogP contribution in [0.3, 0.4) is 0 Å². The van der Waals surface area contributed by atoms with Crippen LogP contribution in [0.25, 0.3) is 11.2 Å². The zero-order chi connectivity index (χ0) is 14.4. The lowest BCUT2D eigenvalue weighted by atomic mass is 10.1. The van der Waals surface area contributed by atoms with E-state index in [2.05, 4.69) is 9.97 Å². The van der Waals surface area contributed by atoms with Crippen LogP contribution in [0, 0.1) is 5.41 Å². The second kappa shape index (κ2) is 4.52. The van der Waals surface area contributed by atoms with Gasteiger partial charge >= 0.3 is 0 Å². The number of aromatic nitrogens is 4. The molecule has 0 saturated carbocycles. The van der Waals surface area contributed by atoms with Crippen LogP contribution in [0.1, 0.15) is 6.23 Å². The van der Waals surface area contributed by atoms with Crippen molar-refractivity contribution in [2.24, 2.45) is 0 Å². The normalized spacial score (nSPS) is 30.1. The molecule has 0 unspecified atom stereocenters. The van der Waals surface area contributed by atoms with E-state index in [0.29, 0.717) is 4.73 Å². The monoisotopic (exact) mass is 283 g/mol. The highest BCUT2D eigenvalue weighted by Crippen LogP contribution is 2.30. The Labute approximate surface area is 111 Å². The minimum atomic E-state index is -1.26. The first-order valence-corrected chi connectivity index (χ1v) is 5.85. The highest BCUT2D eigenvalue weighted by atomic mass is 16.6. The van der Waals surface area contributed by atoms with Crippen molar-refractivity contribution < 1.29 is 25.3 Å². The number of aliphatic hydroxyl groups excluding tert-OH is 3. The first kappa shape index (κ1) is 13.0. The largest absolute Gasteiger partial charge is 0.425 e. The van der Waals surface area contributed by atoms with Crippen LogP contribution in [0.15, 0.2) is 12.7 Å². The molecule has 3 rings (SSSR count). The molecule has 0 aromatic carbocycles. The first-order chi connectivity index (χ1) is 9.54. The van der Waals surface area contributed by atoms with Crippen molar-refractivity contribution in [2.45, 2.75) is 24.5 Å². The van der Waals surface area contributed by atoms with Crippen molar-refractivity contribution in [3.63, 3.8) is 0 Å². The number of fused-ring (bicyclic) bond motifs is 1. The number of hydrogen-bond donors (Lipinski definition) is 5. The molecule has 1 aliphatic heterocycles. The second-order valence-electron chi connectivity index (χ2n) is 4.49. The Morgan fingerprint density at radius 3 is 2.65 bits per heavy atom. The Hall–Kier alpha value is -2.01. The van der Waals surface area contributed by atoms with Gasteiger partial charge in [-0.15, -0.1) is 0 Å². The standard InChI is InChI=1S/C10H13N5O5/c11-8-5-9(13-3-15(8)19)14(2-12-5)10-7(18)6(17)4(1-16)20-10/h2-4,6-7,10-11,16-19H,1H2/t4-,6-,7+,10-/m1/s1. The highest BCUT2D eigenvalue weighted by molar-refractivity contribution is 5.68. The Bertz CT molecular complexity index is 697. The van der Waals surface area contributed by atoms with Gasteiger partial charge in [-0.05, 0) is 0 Å². The molecule has 4 atom stereocenters. The van der Waals surface area contributed by atoms with Gasteiger partial charge in [-0.25, -0.2) is 9.97 Å². The molecule has 3 heterocycles. The third-order valence-electron chi connectivity index (χ3n) is 3.30. The van der Waals surface area contributed by atoms with Gasteiger partial charge in [-0.3, -0.25) is 9.98 Å². The van der Waals surface area contributed by atoms with Crippen molar-refractivity contribution in [2.75, 3.05) is 6.61 Å². The number of ether oxygens (including phenoxy) is 1. The summed E-state index contributed by atoms with van der Waals surface area (Å²) in [5.74, 6) is 0. The zero-order valence-electron chi connectivity index (χ0n) is 10.2. The number of aliphatic hydroxyl groups is 3. The van der Waals surface area contributed by atoms with E-state index in [9.17, 15) is 15.4 Å². The summed E-state index contributed by atoms with van der Waals surface area (Å²) in [6.07, 6.45) is -2.07. The number of hydrogen-bond acceptors (Lipinski definition) is 8. The van der Waals surface area contributed by atoms with Crippen LogP contribution in [0.4, 0.5) is 0 Å². The van der Waals surface area contributed by atoms with Crippen molar-refractivity contribution in [1.29, 1.82) is 5.41 Å². The van der Waals surface area contributed by atoms with Crippen molar-refractivity contribution in [3.05, 3.63) is 18.1 Å². The second-order valence-corrected chi connectivity index (χ2v) is 4.49. The number of nitrogens with one attached hydrogen (secondary N) is 1. The van der Waals surface area contributed by atoms with Gasteiger partial charge in [-0.2, -0.15) is 4.73 Å². The minimum Gasteiger partial charge on any atom is -0.425 e. The summed E-state index contributed by atoms with van der Waals surface area (Å²) in [6.45, 7) is -0.435. The Morgan fingerprint density at radius 2 is 2.00 bits per heavy atom. The lowest BCUT2D eigenvalue weighted by Crippen LogP contribution is -2.33. The van der Waals surface area contributed by atoms with E-state index in [1.165, 1.54) is 10.9 Å². The molecular formula is C10H13N5O5. The third-order valence-corrected chi connectivity index (χ3v) is 3.30. The Balaban J connectivity index is 2.08. The van der Waals surface area contributed by atoms with Crippen LogP contribution < -0.4 is 5.49 Å². The highest BCUT2D eigenvalue weighted by Gasteiger charge is 2.43. The maximum Gasteiger partial charge on any atom is 0.192 e. The molecule has 20 heavy (non-hydrogen) atoms. The van der Waals surface area contributed by atoms with Gasteiger partial charge in [0, 0.05) is 0 Å². The Kier molecular flexibility index (Phi) is 2.94. The minimum absolute atomic E-state index is 0.118. The summed E-state index contributed by atoms with van der Waals surface area (Å²) in [4.78, 5) is 7.85. The van der Waals surface area contributed by atoms with Gasteiger partial charge in [0.15, 0.2) is 22.9 Å². The summed E-state index contributed by atoms with van der Waals surface area (Å²) < 4.78 is 7.22. The quantitative estimate of drug-likeness (QED) is 0.384. The van der Waals surface area contributed by atoms with E-state index in [4.69, 9.17) is 15.3 Å². The van der Waals surface area contributed by atoms with Crippen LogP contribution in [0.5, 0.6) is 0 Å². The average Bonchev–Trinajstić information content (AvgIpc) is 2.98. The van der Waals surface area contributed by atoms with Gasteiger partial charge in [0.05, 0.1) is 12.9 Å². The fraction of sp³-hybridized carbons (Fsp3) is 0.500. The van der Waals surface area contributed by atoms with E-state index in [-0.39, 0.29) is 16.7 Å². The molecule has 0 bridgehead atoms. The summed E-state index contributed by atoms with van der Waals surface area (Å²) in [5.41, 5.74) is 0.0726. The Morgan fingerprint density at radius 1 is 1.25 bits per heavy atom. The number of rotatable bonds is 2. The van der Waals surface area contributed by atoms with Gasteiger partial charge in [0.1, 0.15) is 24.6 Å². The summed E-state index contributed by atoms with van der Waals surface area (Å²) in [5, 5.41) is 45.7. The number of imidazole rings is 1. The molecule has 2 aromatic rings. The maximum atomic E-state index is 9.95. The molecule has 5 N–H and O–H groups in total. The van der Waals surface area contributed by atoms with Crippen molar-refractivity contribution in [1.82, 2.24) is 19.3 Å². The van der Waals surface area contributed by atoms with Gasteiger partial charge in [0.25, 0.3) is 0 Å². The predicted molar refractivity (Wildman–Crippen MR) is 61.6 cm³/mol. The smallest absolute Gasteiger partial charge is 0.192 e. The topological polar surface area (TPSA) is 150 Å². The molecule has 0 spiro atoms. The maximum absolute atomic E-state index is 9.95. The predicted octanol–water partition coefficient (Wildman–Crippen LogP) is -2.44. The molecule has 1 saturated heterocycles. The fourth-order valence-electron chi connectivity index (χ4n) is 2.22. The molecule has 2 aromatic heterocycles. The van der Waals surface area contributed by atoms with E-state index < -0.39 is 31.1 Å². The first-order valence-electron chi connectivity index (χ1n) is 5.85. The van der Waals surface area contributed by atoms with Crippen LogP contribution in [-0.2, 0) is 4.74 Å². The van der Waals surface area contributed by atoms with Crippen LogP contribution in [0.2, 0.25) is 0 Å². The molecule has 0 amide bonds. The van der Waals surface area contributed by atoms with E-state index in [1.807, 2.05) is 0 Å². The summed E-state index contributed by atoms with van der Waals surface area (Å²) in [7, 11) is 0. The van der Waals surface area contributed by atoms with Crippen molar-refractivity contribution in [3.8, 4) is 0 Å². The van der Waals surface area contributed by atoms with E-state index in [1.54, 1.807) is 0 Å². The SMILES string of the molecule is N=c1c2ncn([C@@H]3O[C@H](CO)[C@@H](O)[C@@H]3O)c2ncn1O. The zero-order valence-corrected chi connectivity index (χ0v) is 10.2. The van der Waals surface area contributed by atoms with Crippen molar-refractivity contribution >= 4 is 11.2 Å². The summed E-state index contributed by atoms with van der Waals surface area (Å²) in [6, 6.07) is 0. The van der Waals surface area contributed by atoms with Crippen LogP contribution >= 0.6 is 0 Å². The van der Waals surface area contributed by atoms with Gasteiger partial charge in [-0.1, -0.05) is 0 Å². The van der Waals surface area contributed by atoms with Gasteiger partial charge < -0.3 is 25.3 Å². The molecule has 10 heteroatoms. The van der Waals surface area contributed by atoms with E-state index in [0.717, 1.165) is 6.33 Å². The molecule has 1 aliphatic rings. The molecule has 10 nitrogen and oxygen atoms in total. The lowest BCUT2D eigenvalue weighted by Gasteiger charge is -2.16. The molecule has 1 fully saturated rings. The molecular weight excluding hydrogens is 270 g/mol. The third kappa shape index (κ3) is 1.70. The molecule has 0 radical (unpaired) electrons. The van der Waals surface area contributed by atoms with E-state index >= 15 is 0 Å². The summed E-state index contributed by atoms with van der Waals surface area (Å²) >= 11 is 0. The van der Waals surface area contributed by atoms with Crippen LogP contribution in [-0.4, -0.2) is 64.7 Å². The fourth-order valence-corrected chi connectivity index (χ4v) is 2.22. The molecule has 108 valence electrons. The van der Waals surface area contributed by atoms with Gasteiger partial charge in [0.2, 0.25) is 0 Å². The molecule has 0 aliphatic carbocycles.